The molecule has 0 fully saturated rings. The summed E-state index contributed by atoms with van der Waals surface area (Å²) in [5.74, 6) is -1.15. The van der Waals surface area contributed by atoms with Crippen molar-refractivity contribution in [1.82, 2.24) is 4.98 Å². The van der Waals surface area contributed by atoms with Crippen LogP contribution in [-0.4, -0.2) is 21.0 Å². The van der Waals surface area contributed by atoms with Crippen LogP contribution in [0, 0.1) is 15.5 Å². The zero-order chi connectivity index (χ0) is 12.3. The molecule has 1 aromatic rings. The zero-order valence-corrected chi connectivity index (χ0v) is 9.01. The fraction of sp³-hybridized carbons (Fsp3) is 0.400. The van der Waals surface area contributed by atoms with E-state index in [1.807, 2.05) is 0 Å². The number of rotatable bonds is 4. The first-order valence-corrected chi connectivity index (χ1v) is 4.65. The van der Waals surface area contributed by atoms with Crippen LogP contribution in [-0.2, 0) is 11.2 Å². The summed E-state index contributed by atoms with van der Waals surface area (Å²) in [5, 5.41) is 19.3. The molecule has 0 atom stereocenters. The second-order valence-electron chi connectivity index (χ2n) is 4.15. The van der Waals surface area contributed by atoms with Crippen molar-refractivity contribution in [3.63, 3.8) is 0 Å². The molecule has 0 aromatic carbocycles. The Hall–Kier alpha value is -1.98. The topological polar surface area (TPSA) is 93.3 Å². The minimum absolute atomic E-state index is 0.239. The van der Waals surface area contributed by atoms with E-state index in [2.05, 4.69) is 4.98 Å². The predicted octanol–water partition coefficient (Wildman–Crippen LogP) is 1.64. The molecule has 6 heteroatoms. The molecule has 6 nitrogen and oxygen atoms in total. The van der Waals surface area contributed by atoms with Gasteiger partial charge in [-0.3, -0.25) is 4.79 Å². The van der Waals surface area contributed by atoms with Crippen molar-refractivity contribution < 1.29 is 14.8 Å². The van der Waals surface area contributed by atoms with Crippen molar-refractivity contribution in [3.05, 3.63) is 34.0 Å². The molecule has 16 heavy (non-hydrogen) atoms. The lowest BCUT2D eigenvalue weighted by Gasteiger charge is -2.17. The highest BCUT2D eigenvalue weighted by Crippen LogP contribution is 2.22. The minimum Gasteiger partial charge on any atom is -0.481 e. The molecule has 1 aromatic heterocycles. The number of aromatic nitrogens is 1. The summed E-state index contributed by atoms with van der Waals surface area (Å²) >= 11 is 0. The fourth-order valence-corrected chi connectivity index (χ4v) is 1.22. The zero-order valence-electron chi connectivity index (χ0n) is 9.01. The lowest BCUT2D eigenvalue weighted by molar-refractivity contribution is -0.389. The normalized spacial score (nSPS) is 11.1. The van der Waals surface area contributed by atoms with E-state index in [9.17, 15) is 14.9 Å². The summed E-state index contributed by atoms with van der Waals surface area (Å²) in [5.41, 5.74) is -0.240. The van der Waals surface area contributed by atoms with Crippen LogP contribution in [0.1, 0.15) is 19.4 Å². The van der Waals surface area contributed by atoms with Crippen LogP contribution in [0.15, 0.2) is 18.3 Å². The SMILES string of the molecule is CC(C)(Cc1ccc([N+](=O)[O-])nc1)C(=O)O. The highest BCUT2D eigenvalue weighted by atomic mass is 16.6. The Bertz CT molecular complexity index is 411. The van der Waals surface area contributed by atoms with Crippen molar-refractivity contribution in [2.24, 2.45) is 5.41 Å². The number of hydrogen-bond acceptors (Lipinski definition) is 4. The molecule has 0 saturated carbocycles. The molecule has 0 aliphatic carbocycles. The van der Waals surface area contributed by atoms with Gasteiger partial charge in [-0.2, -0.15) is 0 Å². The molecule has 0 aliphatic rings. The number of carboxylic acids is 1. The maximum atomic E-state index is 10.9. The van der Waals surface area contributed by atoms with Gasteiger partial charge in [0.1, 0.15) is 6.20 Å². The molecule has 1 heterocycles. The average molecular weight is 224 g/mol. The number of hydrogen-bond donors (Lipinski definition) is 1. The number of nitro groups is 1. The van der Waals surface area contributed by atoms with Crippen LogP contribution in [0.3, 0.4) is 0 Å². The third kappa shape index (κ3) is 2.75. The van der Waals surface area contributed by atoms with Gasteiger partial charge in [0.25, 0.3) is 0 Å². The number of carbonyl (C=O) groups is 1. The van der Waals surface area contributed by atoms with Gasteiger partial charge in [0.05, 0.1) is 5.41 Å². The van der Waals surface area contributed by atoms with E-state index in [1.165, 1.54) is 18.3 Å². The second kappa shape index (κ2) is 4.26. The van der Waals surface area contributed by atoms with E-state index >= 15 is 0 Å². The van der Waals surface area contributed by atoms with Gasteiger partial charge in [0.2, 0.25) is 0 Å². The standard InChI is InChI=1S/C10H12N2O4/c1-10(2,9(13)14)5-7-3-4-8(11-6-7)12(15)16/h3-4,6H,5H2,1-2H3,(H,13,14). The highest BCUT2D eigenvalue weighted by Gasteiger charge is 2.28. The first kappa shape index (κ1) is 12.1. The first-order chi connectivity index (χ1) is 7.33. The van der Waals surface area contributed by atoms with E-state index in [0.29, 0.717) is 5.56 Å². The van der Waals surface area contributed by atoms with Crippen LogP contribution < -0.4 is 0 Å². The Balaban J connectivity index is 2.84. The van der Waals surface area contributed by atoms with Gasteiger partial charge in [0, 0.05) is 6.07 Å². The molecule has 0 bridgehead atoms. The van der Waals surface area contributed by atoms with Gasteiger partial charge in [-0.15, -0.1) is 0 Å². The number of aliphatic carboxylic acids is 1. The highest BCUT2D eigenvalue weighted by molar-refractivity contribution is 5.74. The van der Waals surface area contributed by atoms with Crippen molar-refractivity contribution in [1.29, 1.82) is 0 Å². The quantitative estimate of drug-likeness (QED) is 0.619. The summed E-state index contributed by atoms with van der Waals surface area (Å²) in [6.45, 7) is 3.19. The maximum Gasteiger partial charge on any atom is 0.363 e. The van der Waals surface area contributed by atoms with Gasteiger partial charge < -0.3 is 15.2 Å². The van der Waals surface area contributed by atoms with E-state index in [0.717, 1.165) is 0 Å². The predicted molar refractivity (Wildman–Crippen MR) is 56.0 cm³/mol. The summed E-state index contributed by atoms with van der Waals surface area (Å²) < 4.78 is 0. The molecule has 0 radical (unpaired) electrons. The van der Waals surface area contributed by atoms with E-state index < -0.39 is 16.3 Å². The molecule has 1 N–H and O–H groups in total. The minimum atomic E-state index is -0.911. The molecule has 0 spiro atoms. The van der Waals surface area contributed by atoms with Gasteiger partial charge in [-0.05, 0) is 41.8 Å². The van der Waals surface area contributed by atoms with Crippen molar-refractivity contribution >= 4 is 11.8 Å². The largest absolute Gasteiger partial charge is 0.481 e. The third-order valence-electron chi connectivity index (χ3n) is 2.22. The maximum absolute atomic E-state index is 10.9. The van der Waals surface area contributed by atoms with Crippen LogP contribution in [0.2, 0.25) is 0 Å². The van der Waals surface area contributed by atoms with E-state index in [4.69, 9.17) is 5.11 Å². The Labute approximate surface area is 92.1 Å². The second-order valence-corrected chi connectivity index (χ2v) is 4.15. The molecule has 1 rings (SSSR count). The summed E-state index contributed by atoms with van der Waals surface area (Å²) in [6, 6.07) is 2.79. The molecule has 0 amide bonds. The molecular formula is C10H12N2O4. The van der Waals surface area contributed by atoms with Crippen LogP contribution >= 0.6 is 0 Å². The first-order valence-electron chi connectivity index (χ1n) is 4.65. The monoisotopic (exact) mass is 224 g/mol. The lowest BCUT2D eigenvalue weighted by atomic mass is 9.86. The van der Waals surface area contributed by atoms with E-state index in [-0.39, 0.29) is 12.2 Å². The Kier molecular flexibility index (Phi) is 3.22. The summed E-state index contributed by atoms with van der Waals surface area (Å²) in [4.78, 5) is 24.3. The number of nitrogens with zero attached hydrogens (tertiary/aromatic N) is 2. The van der Waals surface area contributed by atoms with Crippen molar-refractivity contribution in [3.8, 4) is 0 Å². The average Bonchev–Trinajstić information content (AvgIpc) is 2.17. The van der Waals surface area contributed by atoms with Crippen LogP contribution in [0.25, 0.3) is 0 Å². The number of carboxylic acid groups (broad SMARTS) is 1. The molecule has 0 saturated heterocycles. The van der Waals surface area contributed by atoms with Crippen molar-refractivity contribution in [2.45, 2.75) is 20.3 Å². The van der Waals surface area contributed by atoms with Gasteiger partial charge >= 0.3 is 11.8 Å². The lowest BCUT2D eigenvalue weighted by Crippen LogP contribution is -2.26. The summed E-state index contributed by atoms with van der Waals surface area (Å²) in [6.07, 6.45) is 1.62. The van der Waals surface area contributed by atoms with Crippen molar-refractivity contribution in [2.75, 3.05) is 0 Å². The van der Waals surface area contributed by atoms with Gasteiger partial charge in [0.15, 0.2) is 0 Å². The third-order valence-corrected chi connectivity index (χ3v) is 2.22. The smallest absolute Gasteiger partial charge is 0.363 e. The molecular weight excluding hydrogens is 212 g/mol. The Morgan fingerprint density at radius 2 is 2.19 bits per heavy atom. The van der Waals surface area contributed by atoms with Crippen LogP contribution in [0.4, 0.5) is 5.82 Å². The number of pyridine rings is 1. The summed E-state index contributed by atoms with van der Waals surface area (Å²) in [7, 11) is 0. The van der Waals surface area contributed by atoms with Gasteiger partial charge in [-0.25, -0.2) is 0 Å². The Morgan fingerprint density at radius 3 is 2.56 bits per heavy atom. The molecule has 86 valence electrons. The molecule has 0 unspecified atom stereocenters. The fourth-order valence-electron chi connectivity index (χ4n) is 1.22. The van der Waals surface area contributed by atoms with Gasteiger partial charge in [-0.1, -0.05) is 0 Å². The van der Waals surface area contributed by atoms with Crippen LogP contribution in [0.5, 0.6) is 0 Å². The molecule has 0 aliphatic heterocycles. The van der Waals surface area contributed by atoms with E-state index in [1.54, 1.807) is 13.8 Å². The Morgan fingerprint density at radius 1 is 1.56 bits per heavy atom.